The fourth-order valence-electron chi connectivity index (χ4n) is 1.67. The van der Waals surface area contributed by atoms with Crippen LogP contribution in [0.25, 0.3) is 0 Å². The van der Waals surface area contributed by atoms with Crippen molar-refractivity contribution in [3.8, 4) is 0 Å². The maximum Gasteiger partial charge on any atom is 0.320 e. The fraction of sp³-hybridized carbons (Fsp3) is 0.231. The van der Waals surface area contributed by atoms with Crippen LogP contribution in [0, 0.1) is 6.92 Å². The van der Waals surface area contributed by atoms with E-state index in [1.807, 2.05) is 18.2 Å². The molecule has 0 fully saturated rings. The highest BCUT2D eigenvalue weighted by molar-refractivity contribution is 5.89. The monoisotopic (exact) mass is 275 g/mol. The number of nitrogens with one attached hydrogen (secondary N) is 3. The molecular weight excluding hydrogens is 258 g/mol. The summed E-state index contributed by atoms with van der Waals surface area (Å²) in [4.78, 5) is 11.7. The lowest BCUT2D eigenvalue weighted by atomic mass is 10.1. The van der Waals surface area contributed by atoms with Gasteiger partial charge in [0.05, 0.1) is 6.10 Å². The van der Waals surface area contributed by atoms with Gasteiger partial charge in [-0.15, -0.1) is 0 Å². The first kappa shape index (κ1) is 13.9. The van der Waals surface area contributed by atoms with Crippen LogP contribution in [0.4, 0.5) is 16.4 Å². The summed E-state index contributed by atoms with van der Waals surface area (Å²) in [6.45, 7) is 1.85. The minimum atomic E-state index is -0.757. The number of aromatic nitrogens is 2. The average molecular weight is 275 g/mol. The second-order valence-corrected chi connectivity index (χ2v) is 4.37. The Kier molecular flexibility index (Phi) is 4.21. The van der Waals surface area contributed by atoms with Gasteiger partial charge in [0.2, 0.25) is 0 Å². The number of amides is 2. The van der Waals surface area contributed by atoms with Crippen molar-refractivity contribution in [1.29, 1.82) is 0 Å². The minimum absolute atomic E-state index is 0.106. The lowest BCUT2D eigenvalue weighted by Crippen LogP contribution is -2.32. The van der Waals surface area contributed by atoms with E-state index in [9.17, 15) is 9.90 Å². The Morgan fingerprint density at radius 3 is 2.75 bits per heavy atom. The highest BCUT2D eigenvalue weighted by Gasteiger charge is 2.12. The summed E-state index contributed by atoms with van der Waals surface area (Å²) in [7, 11) is 0. The summed E-state index contributed by atoms with van der Waals surface area (Å²) < 4.78 is 0. The SMILES string of the molecule is Cc1c(NC(=O)NCC(O)c2ccccc2)n[nH]c1N. The number of anilines is 2. The third kappa shape index (κ3) is 3.27. The number of carbonyl (C=O) groups excluding carboxylic acids is 1. The van der Waals surface area contributed by atoms with Crippen molar-refractivity contribution in [2.45, 2.75) is 13.0 Å². The van der Waals surface area contributed by atoms with Gasteiger partial charge in [0.15, 0.2) is 5.82 Å². The number of nitrogens with two attached hydrogens (primary N) is 1. The minimum Gasteiger partial charge on any atom is -0.387 e. The van der Waals surface area contributed by atoms with Crippen molar-refractivity contribution in [2.24, 2.45) is 0 Å². The molecule has 0 saturated heterocycles. The topological polar surface area (TPSA) is 116 Å². The summed E-state index contributed by atoms with van der Waals surface area (Å²) >= 11 is 0. The van der Waals surface area contributed by atoms with Crippen molar-refractivity contribution in [2.75, 3.05) is 17.6 Å². The quantitative estimate of drug-likeness (QED) is 0.575. The molecule has 1 unspecified atom stereocenters. The van der Waals surface area contributed by atoms with E-state index >= 15 is 0 Å². The lowest BCUT2D eigenvalue weighted by Gasteiger charge is -2.12. The molecule has 1 heterocycles. The van der Waals surface area contributed by atoms with E-state index in [1.165, 1.54) is 0 Å². The highest BCUT2D eigenvalue weighted by Crippen LogP contribution is 2.16. The molecule has 2 aromatic rings. The molecule has 0 aliphatic rings. The zero-order valence-corrected chi connectivity index (χ0v) is 11.1. The van der Waals surface area contributed by atoms with Crippen LogP contribution in [-0.4, -0.2) is 27.9 Å². The van der Waals surface area contributed by atoms with E-state index in [0.29, 0.717) is 17.2 Å². The van der Waals surface area contributed by atoms with Crippen LogP contribution in [0.2, 0.25) is 0 Å². The molecule has 1 atom stereocenters. The summed E-state index contributed by atoms with van der Waals surface area (Å²) in [6.07, 6.45) is -0.757. The van der Waals surface area contributed by atoms with Gasteiger partial charge in [-0.1, -0.05) is 30.3 Å². The first-order chi connectivity index (χ1) is 9.58. The number of rotatable bonds is 4. The Bertz CT molecular complexity index is 582. The molecule has 1 aromatic heterocycles. The predicted molar refractivity (Wildman–Crippen MR) is 76.2 cm³/mol. The van der Waals surface area contributed by atoms with Gasteiger partial charge in [-0.3, -0.25) is 10.4 Å². The van der Waals surface area contributed by atoms with Crippen molar-refractivity contribution in [3.05, 3.63) is 41.5 Å². The maximum absolute atomic E-state index is 11.7. The molecule has 7 heteroatoms. The number of nitrogen functional groups attached to an aromatic ring is 1. The molecule has 2 rings (SSSR count). The Labute approximate surface area is 116 Å². The van der Waals surface area contributed by atoms with Crippen LogP contribution < -0.4 is 16.4 Å². The van der Waals surface area contributed by atoms with E-state index in [2.05, 4.69) is 20.8 Å². The van der Waals surface area contributed by atoms with Crippen molar-refractivity contribution in [3.63, 3.8) is 0 Å². The van der Waals surface area contributed by atoms with Crippen LogP contribution in [0.5, 0.6) is 0 Å². The van der Waals surface area contributed by atoms with Crippen LogP contribution in [0.3, 0.4) is 0 Å². The van der Waals surface area contributed by atoms with Crippen LogP contribution in [0.1, 0.15) is 17.2 Å². The van der Waals surface area contributed by atoms with E-state index in [1.54, 1.807) is 19.1 Å². The number of hydrogen-bond acceptors (Lipinski definition) is 4. The van der Waals surface area contributed by atoms with Gasteiger partial charge in [0, 0.05) is 12.1 Å². The van der Waals surface area contributed by atoms with Gasteiger partial charge in [-0.05, 0) is 12.5 Å². The molecule has 0 bridgehead atoms. The molecule has 6 N–H and O–H groups in total. The number of hydrogen-bond donors (Lipinski definition) is 5. The van der Waals surface area contributed by atoms with Gasteiger partial charge < -0.3 is 16.2 Å². The van der Waals surface area contributed by atoms with Gasteiger partial charge in [-0.2, -0.15) is 5.10 Å². The van der Waals surface area contributed by atoms with Crippen LogP contribution in [0.15, 0.2) is 30.3 Å². The Hall–Kier alpha value is -2.54. The molecule has 7 nitrogen and oxygen atoms in total. The second kappa shape index (κ2) is 6.07. The Morgan fingerprint density at radius 1 is 1.45 bits per heavy atom. The first-order valence-corrected chi connectivity index (χ1v) is 6.16. The number of aromatic amines is 1. The maximum atomic E-state index is 11.7. The van der Waals surface area contributed by atoms with Crippen LogP contribution in [-0.2, 0) is 0 Å². The highest BCUT2D eigenvalue weighted by atomic mass is 16.3. The molecule has 0 aliphatic heterocycles. The summed E-state index contributed by atoms with van der Waals surface area (Å²) in [5, 5.41) is 21.5. The zero-order chi connectivity index (χ0) is 14.5. The number of H-pyrrole nitrogens is 1. The lowest BCUT2D eigenvalue weighted by molar-refractivity contribution is 0.175. The molecule has 20 heavy (non-hydrogen) atoms. The summed E-state index contributed by atoms with van der Waals surface area (Å²) in [5.74, 6) is 0.777. The number of benzene rings is 1. The normalized spacial score (nSPS) is 11.9. The number of urea groups is 1. The summed E-state index contributed by atoms with van der Waals surface area (Å²) in [6, 6.07) is 8.66. The molecule has 0 saturated carbocycles. The third-order valence-electron chi connectivity index (χ3n) is 2.92. The second-order valence-electron chi connectivity index (χ2n) is 4.37. The van der Waals surface area contributed by atoms with Gasteiger partial charge in [0.1, 0.15) is 5.82 Å². The Balaban J connectivity index is 1.85. The van der Waals surface area contributed by atoms with E-state index < -0.39 is 12.1 Å². The third-order valence-corrected chi connectivity index (χ3v) is 2.92. The molecule has 0 spiro atoms. The largest absolute Gasteiger partial charge is 0.387 e. The standard InChI is InChI=1S/C13H17N5O2/c1-8-11(14)17-18-12(8)16-13(20)15-7-10(19)9-5-3-2-4-6-9/h2-6,10,19H,7H2,1H3,(H5,14,15,16,17,18,20). The van der Waals surface area contributed by atoms with Crippen molar-refractivity contribution in [1.82, 2.24) is 15.5 Å². The van der Waals surface area contributed by atoms with Gasteiger partial charge in [-0.25, -0.2) is 4.79 Å². The van der Waals surface area contributed by atoms with E-state index in [4.69, 9.17) is 5.73 Å². The number of carbonyl (C=O) groups is 1. The van der Waals surface area contributed by atoms with Crippen LogP contribution >= 0.6 is 0 Å². The summed E-state index contributed by atoms with van der Waals surface area (Å²) in [5.41, 5.74) is 7.00. The zero-order valence-electron chi connectivity index (χ0n) is 11.1. The number of aliphatic hydroxyl groups is 1. The smallest absolute Gasteiger partial charge is 0.320 e. The van der Waals surface area contributed by atoms with Crippen molar-refractivity contribution < 1.29 is 9.90 Å². The Morgan fingerprint density at radius 2 is 2.15 bits per heavy atom. The van der Waals surface area contributed by atoms with Gasteiger partial charge in [0.25, 0.3) is 0 Å². The number of nitrogens with zero attached hydrogens (tertiary/aromatic N) is 1. The van der Waals surface area contributed by atoms with Gasteiger partial charge >= 0.3 is 6.03 Å². The van der Waals surface area contributed by atoms with Crippen molar-refractivity contribution >= 4 is 17.7 Å². The predicted octanol–water partition coefficient (Wildman–Crippen LogP) is 1.16. The van der Waals surface area contributed by atoms with E-state index in [0.717, 1.165) is 5.56 Å². The molecule has 106 valence electrons. The molecule has 2 amide bonds. The number of aliphatic hydroxyl groups excluding tert-OH is 1. The fourth-order valence-corrected chi connectivity index (χ4v) is 1.67. The molecule has 0 radical (unpaired) electrons. The first-order valence-electron chi connectivity index (χ1n) is 6.16. The molecule has 1 aromatic carbocycles. The van der Waals surface area contributed by atoms with E-state index in [-0.39, 0.29) is 6.54 Å². The molecule has 0 aliphatic carbocycles. The molecular formula is C13H17N5O2. The average Bonchev–Trinajstić information content (AvgIpc) is 2.78.